The molecule has 0 bridgehead atoms. The molecule has 0 aliphatic rings. The highest BCUT2D eigenvalue weighted by atomic mass is 16.3. The van der Waals surface area contributed by atoms with Gasteiger partial charge in [-0.3, -0.25) is 4.79 Å². The van der Waals surface area contributed by atoms with Crippen LogP contribution < -0.4 is 11.1 Å². The molecule has 0 radical (unpaired) electrons. The number of hydrogen-bond donors (Lipinski definition) is 4. The molecule has 2 aromatic carbocycles. The average molecular weight is 258 g/mol. The number of carbonyl (C=O) groups is 1. The fourth-order valence-electron chi connectivity index (χ4n) is 1.73. The van der Waals surface area contributed by atoms with Crippen molar-refractivity contribution in [1.82, 2.24) is 5.32 Å². The van der Waals surface area contributed by atoms with Crippen LogP contribution in [-0.2, 0) is 6.54 Å². The van der Waals surface area contributed by atoms with E-state index in [9.17, 15) is 15.0 Å². The van der Waals surface area contributed by atoms with Crippen molar-refractivity contribution in [2.24, 2.45) is 0 Å². The van der Waals surface area contributed by atoms with Crippen LogP contribution in [0.4, 0.5) is 5.69 Å². The van der Waals surface area contributed by atoms with Gasteiger partial charge in [0, 0.05) is 12.2 Å². The minimum absolute atomic E-state index is 0.133. The van der Waals surface area contributed by atoms with Gasteiger partial charge in [0.2, 0.25) is 0 Å². The van der Waals surface area contributed by atoms with Gasteiger partial charge in [-0.1, -0.05) is 18.2 Å². The Bertz CT molecular complexity index is 591. The lowest BCUT2D eigenvalue weighted by atomic mass is 10.1. The van der Waals surface area contributed by atoms with Gasteiger partial charge in [-0.15, -0.1) is 0 Å². The Balaban J connectivity index is 2.10. The van der Waals surface area contributed by atoms with Gasteiger partial charge in [-0.25, -0.2) is 0 Å². The summed E-state index contributed by atoms with van der Waals surface area (Å²) in [6.07, 6.45) is 0. The summed E-state index contributed by atoms with van der Waals surface area (Å²) in [6.45, 7) is 0.262. The Kier molecular flexibility index (Phi) is 3.56. The van der Waals surface area contributed by atoms with Crippen LogP contribution in [0.25, 0.3) is 0 Å². The molecule has 2 aromatic rings. The van der Waals surface area contributed by atoms with Crippen molar-refractivity contribution in [1.29, 1.82) is 0 Å². The summed E-state index contributed by atoms with van der Waals surface area (Å²) in [4.78, 5) is 11.9. The van der Waals surface area contributed by atoms with Crippen LogP contribution in [0.15, 0.2) is 42.5 Å². The van der Waals surface area contributed by atoms with Crippen LogP contribution in [0.5, 0.6) is 11.5 Å². The molecular formula is C14H14N2O3. The van der Waals surface area contributed by atoms with E-state index in [2.05, 4.69) is 5.32 Å². The zero-order valence-corrected chi connectivity index (χ0v) is 10.1. The van der Waals surface area contributed by atoms with Crippen LogP contribution >= 0.6 is 0 Å². The SMILES string of the molecule is Nc1cccc(CNC(=O)c2c(O)cccc2O)c1. The van der Waals surface area contributed by atoms with Crippen molar-refractivity contribution < 1.29 is 15.0 Å². The quantitative estimate of drug-likeness (QED) is 0.629. The maximum absolute atomic E-state index is 11.9. The molecule has 0 aliphatic heterocycles. The molecular weight excluding hydrogens is 244 g/mol. The Hall–Kier alpha value is -2.69. The van der Waals surface area contributed by atoms with Gasteiger partial charge in [-0.2, -0.15) is 0 Å². The second kappa shape index (κ2) is 5.30. The molecule has 0 heterocycles. The first kappa shape index (κ1) is 12.8. The summed E-state index contributed by atoms with van der Waals surface area (Å²) >= 11 is 0. The topological polar surface area (TPSA) is 95.6 Å². The summed E-state index contributed by atoms with van der Waals surface area (Å²) in [5, 5.41) is 21.7. The highest BCUT2D eigenvalue weighted by molar-refractivity contribution is 5.99. The molecule has 5 heteroatoms. The maximum atomic E-state index is 11.9. The van der Waals surface area contributed by atoms with Crippen molar-refractivity contribution in [2.45, 2.75) is 6.54 Å². The number of nitrogen functional groups attached to an aromatic ring is 1. The minimum atomic E-state index is -0.543. The molecule has 0 saturated carbocycles. The Morgan fingerprint density at radius 1 is 1.11 bits per heavy atom. The molecule has 0 fully saturated rings. The molecule has 0 aromatic heterocycles. The highest BCUT2D eigenvalue weighted by Crippen LogP contribution is 2.25. The Morgan fingerprint density at radius 3 is 2.37 bits per heavy atom. The number of phenols is 2. The normalized spacial score (nSPS) is 10.1. The zero-order chi connectivity index (χ0) is 13.8. The second-order valence-electron chi connectivity index (χ2n) is 4.10. The second-order valence-corrected chi connectivity index (χ2v) is 4.10. The van der Waals surface area contributed by atoms with E-state index in [1.165, 1.54) is 18.2 Å². The van der Waals surface area contributed by atoms with Gasteiger partial charge in [0.25, 0.3) is 5.91 Å². The third kappa shape index (κ3) is 2.95. The maximum Gasteiger partial charge on any atom is 0.259 e. The van der Waals surface area contributed by atoms with E-state index < -0.39 is 5.91 Å². The highest BCUT2D eigenvalue weighted by Gasteiger charge is 2.15. The fraction of sp³-hybridized carbons (Fsp3) is 0.0714. The third-order valence-electron chi connectivity index (χ3n) is 2.65. The Morgan fingerprint density at radius 2 is 1.74 bits per heavy atom. The van der Waals surface area contributed by atoms with E-state index in [1.807, 2.05) is 6.07 Å². The van der Waals surface area contributed by atoms with Crippen molar-refractivity contribution >= 4 is 11.6 Å². The molecule has 0 atom stereocenters. The molecule has 19 heavy (non-hydrogen) atoms. The van der Waals surface area contributed by atoms with Gasteiger partial charge < -0.3 is 21.3 Å². The third-order valence-corrected chi connectivity index (χ3v) is 2.65. The van der Waals surface area contributed by atoms with E-state index in [-0.39, 0.29) is 23.6 Å². The molecule has 98 valence electrons. The molecule has 5 N–H and O–H groups in total. The standard InChI is InChI=1S/C14H14N2O3/c15-10-4-1-3-9(7-10)8-16-14(19)13-11(17)5-2-6-12(13)18/h1-7,17-18H,8,15H2,(H,16,19). The summed E-state index contributed by atoms with van der Waals surface area (Å²) in [5.74, 6) is -1.06. The van der Waals surface area contributed by atoms with Gasteiger partial charge in [0.15, 0.2) is 0 Å². The first-order valence-electron chi connectivity index (χ1n) is 5.71. The van der Waals surface area contributed by atoms with Crippen LogP contribution in [0.1, 0.15) is 15.9 Å². The van der Waals surface area contributed by atoms with Crippen LogP contribution in [-0.4, -0.2) is 16.1 Å². The fourth-order valence-corrected chi connectivity index (χ4v) is 1.73. The molecule has 5 nitrogen and oxygen atoms in total. The first-order valence-corrected chi connectivity index (χ1v) is 5.71. The summed E-state index contributed by atoms with van der Waals surface area (Å²) in [6, 6.07) is 11.2. The largest absolute Gasteiger partial charge is 0.507 e. The molecule has 1 amide bonds. The number of hydrogen-bond acceptors (Lipinski definition) is 4. The van der Waals surface area contributed by atoms with Crippen molar-refractivity contribution in [3.8, 4) is 11.5 Å². The van der Waals surface area contributed by atoms with Crippen LogP contribution in [0.3, 0.4) is 0 Å². The Labute approximate surface area is 110 Å². The predicted molar refractivity (Wildman–Crippen MR) is 71.8 cm³/mol. The van der Waals surface area contributed by atoms with Crippen molar-refractivity contribution in [2.75, 3.05) is 5.73 Å². The number of amides is 1. The lowest BCUT2D eigenvalue weighted by Crippen LogP contribution is -2.23. The molecule has 0 saturated heterocycles. The minimum Gasteiger partial charge on any atom is -0.507 e. The lowest BCUT2D eigenvalue weighted by Gasteiger charge is -2.08. The van der Waals surface area contributed by atoms with E-state index in [0.717, 1.165) is 5.56 Å². The number of nitrogens with one attached hydrogen (secondary N) is 1. The van der Waals surface area contributed by atoms with E-state index in [1.54, 1.807) is 18.2 Å². The number of benzene rings is 2. The smallest absolute Gasteiger partial charge is 0.259 e. The summed E-state index contributed by atoms with van der Waals surface area (Å²) < 4.78 is 0. The number of phenolic OH excluding ortho intramolecular Hbond substituents is 2. The lowest BCUT2D eigenvalue weighted by molar-refractivity contribution is 0.0945. The number of rotatable bonds is 3. The van der Waals surface area contributed by atoms with E-state index in [0.29, 0.717) is 5.69 Å². The van der Waals surface area contributed by atoms with Crippen LogP contribution in [0.2, 0.25) is 0 Å². The van der Waals surface area contributed by atoms with Crippen LogP contribution in [0, 0.1) is 0 Å². The summed E-state index contributed by atoms with van der Waals surface area (Å²) in [5.41, 5.74) is 6.94. The van der Waals surface area contributed by atoms with E-state index in [4.69, 9.17) is 5.73 Å². The van der Waals surface area contributed by atoms with Crippen molar-refractivity contribution in [3.05, 3.63) is 53.6 Å². The van der Waals surface area contributed by atoms with Crippen molar-refractivity contribution in [3.63, 3.8) is 0 Å². The predicted octanol–water partition coefficient (Wildman–Crippen LogP) is 1.61. The van der Waals surface area contributed by atoms with Gasteiger partial charge >= 0.3 is 0 Å². The summed E-state index contributed by atoms with van der Waals surface area (Å²) in [7, 11) is 0. The molecule has 0 spiro atoms. The number of nitrogens with two attached hydrogens (primary N) is 1. The molecule has 0 unspecified atom stereocenters. The molecule has 2 rings (SSSR count). The van der Waals surface area contributed by atoms with Gasteiger partial charge in [-0.05, 0) is 29.8 Å². The average Bonchev–Trinajstić information content (AvgIpc) is 2.36. The number of aromatic hydroxyl groups is 2. The van der Waals surface area contributed by atoms with E-state index >= 15 is 0 Å². The number of carbonyl (C=O) groups excluding carboxylic acids is 1. The van der Waals surface area contributed by atoms with Gasteiger partial charge in [0.1, 0.15) is 17.1 Å². The van der Waals surface area contributed by atoms with Gasteiger partial charge in [0.05, 0.1) is 0 Å². The number of anilines is 1. The zero-order valence-electron chi connectivity index (χ0n) is 10.1. The molecule has 0 aliphatic carbocycles. The first-order chi connectivity index (χ1) is 9.08. The monoisotopic (exact) mass is 258 g/mol.